The third-order valence-electron chi connectivity index (χ3n) is 3.23. The molecule has 0 aliphatic carbocycles. The second kappa shape index (κ2) is 4.03. The number of hydrogen-bond donors (Lipinski definition) is 2. The fourth-order valence-electron chi connectivity index (χ4n) is 2.32. The molecule has 2 aliphatic rings. The molecule has 2 fully saturated rings. The molecule has 6 heteroatoms. The molecular weight excluding hydrogens is 208 g/mol. The Bertz CT molecular complexity index is 361. The van der Waals surface area contributed by atoms with E-state index in [1.807, 2.05) is 0 Å². The maximum absolute atomic E-state index is 9.42. The first kappa shape index (κ1) is 10.0. The summed E-state index contributed by atoms with van der Waals surface area (Å²) in [6.07, 6.45) is 2.75. The van der Waals surface area contributed by atoms with E-state index >= 15 is 0 Å². The number of anilines is 1. The zero-order chi connectivity index (χ0) is 11.0. The van der Waals surface area contributed by atoms with Crippen LogP contribution in [0.15, 0.2) is 4.52 Å². The monoisotopic (exact) mass is 224 g/mol. The molecule has 3 rings (SSSR count). The Labute approximate surface area is 93.6 Å². The Morgan fingerprint density at radius 1 is 1.38 bits per heavy atom. The summed E-state index contributed by atoms with van der Waals surface area (Å²) in [4.78, 5) is 6.52. The zero-order valence-electron chi connectivity index (χ0n) is 9.09. The van der Waals surface area contributed by atoms with Crippen molar-refractivity contribution < 1.29 is 9.63 Å². The molecule has 2 saturated heterocycles. The molecule has 2 atom stereocenters. The van der Waals surface area contributed by atoms with Crippen LogP contribution >= 0.6 is 0 Å². The standard InChI is InChI=1S/C10H16N4O2/c15-7-5-8(11-6-7)9-12-10(13-16-9)14-3-1-2-4-14/h7-8,11,15H,1-6H2/t7-,8+/m0/s1. The normalized spacial score (nSPS) is 30.2. The van der Waals surface area contributed by atoms with Gasteiger partial charge in [0.25, 0.3) is 5.95 Å². The molecule has 0 aromatic carbocycles. The molecule has 3 heterocycles. The molecule has 1 aromatic heterocycles. The SMILES string of the molecule is O[C@@H]1CN[C@@H](c2nc(N3CCCC3)no2)C1. The van der Waals surface area contributed by atoms with Gasteiger partial charge in [0, 0.05) is 19.6 Å². The van der Waals surface area contributed by atoms with E-state index in [4.69, 9.17) is 4.52 Å². The molecular formula is C10H16N4O2. The van der Waals surface area contributed by atoms with Crippen LogP contribution < -0.4 is 10.2 Å². The van der Waals surface area contributed by atoms with Gasteiger partial charge in [-0.25, -0.2) is 0 Å². The maximum atomic E-state index is 9.42. The molecule has 0 spiro atoms. The van der Waals surface area contributed by atoms with Gasteiger partial charge in [0.15, 0.2) is 0 Å². The fourth-order valence-corrected chi connectivity index (χ4v) is 2.32. The number of aliphatic hydroxyl groups is 1. The van der Waals surface area contributed by atoms with Crippen LogP contribution in [0.4, 0.5) is 5.95 Å². The molecule has 6 nitrogen and oxygen atoms in total. The van der Waals surface area contributed by atoms with E-state index in [0.29, 0.717) is 24.8 Å². The molecule has 88 valence electrons. The molecule has 2 N–H and O–H groups in total. The summed E-state index contributed by atoms with van der Waals surface area (Å²) in [7, 11) is 0. The van der Waals surface area contributed by atoms with Crippen molar-refractivity contribution in [1.29, 1.82) is 0 Å². The van der Waals surface area contributed by atoms with Gasteiger partial charge in [0.2, 0.25) is 5.89 Å². The van der Waals surface area contributed by atoms with Gasteiger partial charge in [0.1, 0.15) is 0 Å². The number of β-amino-alcohol motifs (C(OH)–C–C–N with tert-alkyl or cyclic N) is 1. The quantitative estimate of drug-likeness (QED) is 0.740. The summed E-state index contributed by atoms with van der Waals surface area (Å²) in [6.45, 7) is 2.63. The van der Waals surface area contributed by atoms with Gasteiger partial charge >= 0.3 is 0 Å². The highest BCUT2D eigenvalue weighted by Crippen LogP contribution is 2.24. The maximum Gasteiger partial charge on any atom is 0.266 e. The highest BCUT2D eigenvalue weighted by atomic mass is 16.5. The molecule has 2 aliphatic heterocycles. The number of aliphatic hydroxyl groups excluding tert-OH is 1. The lowest BCUT2D eigenvalue weighted by atomic mass is 10.2. The minimum atomic E-state index is -0.299. The molecule has 16 heavy (non-hydrogen) atoms. The molecule has 1 aromatic rings. The van der Waals surface area contributed by atoms with Crippen LogP contribution in [0.5, 0.6) is 0 Å². The van der Waals surface area contributed by atoms with Crippen molar-refractivity contribution in [2.24, 2.45) is 0 Å². The number of hydrogen-bond acceptors (Lipinski definition) is 6. The van der Waals surface area contributed by atoms with Crippen LogP contribution in [0.1, 0.15) is 31.2 Å². The third-order valence-corrected chi connectivity index (χ3v) is 3.23. The van der Waals surface area contributed by atoms with Gasteiger partial charge in [0.05, 0.1) is 12.1 Å². The molecule has 0 radical (unpaired) electrons. The predicted octanol–water partition coefficient (Wildman–Crippen LogP) is 0.0651. The summed E-state index contributed by atoms with van der Waals surface area (Å²) >= 11 is 0. The Hall–Kier alpha value is -1.14. The van der Waals surface area contributed by atoms with E-state index in [0.717, 1.165) is 13.1 Å². The molecule has 0 saturated carbocycles. The number of aromatic nitrogens is 2. The van der Waals surface area contributed by atoms with Gasteiger partial charge in [-0.15, -0.1) is 0 Å². The second-order valence-corrected chi connectivity index (χ2v) is 4.48. The third kappa shape index (κ3) is 1.78. The first-order chi connectivity index (χ1) is 7.83. The highest BCUT2D eigenvalue weighted by molar-refractivity contribution is 5.29. The fraction of sp³-hybridized carbons (Fsp3) is 0.800. The molecule has 0 bridgehead atoms. The lowest BCUT2D eigenvalue weighted by Gasteiger charge is -2.10. The summed E-state index contributed by atoms with van der Waals surface area (Å²) in [5.41, 5.74) is 0. The van der Waals surface area contributed by atoms with E-state index in [1.54, 1.807) is 0 Å². The molecule has 0 amide bonds. The summed E-state index contributed by atoms with van der Waals surface area (Å²) in [5, 5.41) is 16.6. The van der Waals surface area contributed by atoms with Crippen molar-refractivity contribution in [3.63, 3.8) is 0 Å². The minimum Gasteiger partial charge on any atom is -0.392 e. The lowest BCUT2D eigenvalue weighted by molar-refractivity contribution is 0.191. The van der Waals surface area contributed by atoms with E-state index in [-0.39, 0.29) is 12.1 Å². The summed E-state index contributed by atoms with van der Waals surface area (Å²) < 4.78 is 5.23. The number of nitrogens with one attached hydrogen (secondary N) is 1. The first-order valence-corrected chi connectivity index (χ1v) is 5.83. The van der Waals surface area contributed by atoms with Crippen molar-refractivity contribution in [3.05, 3.63) is 5.89 Å². The van der Waals surface area contributed by atoms with Crippen molar-refractivity contribution in [2.45, 2.75) is 31.4 Å². The lowest BCUT2D eigenvalue weighted by Crippen LogP contribution is -2.19. The summed E-state index contributed by atoms with van der Waals surface area (Å²) in [6, 6.07) is 0.0128. The van der Waals surface area contributed by atoms with Crippen molar-refractivity contribution in [2.75, 3.05) is 24.5 Å². The Morgan fingerprint density at radius 2 is 2.19 bits per heavy atom. The van der Waals surface area contributed by atoms with Crippen LogP contribution in [0, 0.1) is 0 Å². The largest absolute Gasteiger partial charge is 0.392 e. The van der Waals surface area contributed by atoms with E-state index in [2.05, 4.69) is 20.4 Å². The van der Waals surface area contributed by atoms with Crippen LogP contribution in [-0.2, 0) is 0 Å². The van der Waals surface area contributed by atoms with Crippen molar-refractivity contribution >= 4 is 5.95 Å². The van der Waals surface area contributed by atoms with Gasteiger partial charge in [-0.05, 0) is 24.4 Å². The average Bonchev–Trinajstić information content (AvgIpc) is 2.97. The highest BCUT2D eigenvalue weighted by Gasteiger charge is 2.29. The van der Waals surface area contributed by atoms with E-state index < -0.39 is 0 Å². The number of rotatable bonds is 2. The predicted molar refractivity (Wildman–Crippen MR) is 57.1 cm³/mol. The summed E-state index contributed by atoms with van der Waals surface area (Å²) in [5.74, 6) is 1.29. The van der Waals surface area contributed by atoms with Gasteiger partial charge in [-0.2, -0.15) is 4.98 Å². The van der Waals surface area contributed by atoms with Gasteiger partial charge < -0.3 is 19.8 Å². The Morgan fingerprint density at radius 3 is 2.88 bits per heavy atom. The minimum absolute atomic E-state index is 0.0128. The van der Waals surface area contributed by atoms with Crippen LogP contribution in [0.3, 0.4) is 0 Å². The van der Waals surface area contributed by atoms with Gasteiger partial charge in [-0.1, -0.05) is 0 Å². The van der Waals surface area contributed by atoms with Crippen molar-refractivity contribution in [3.8, 4) is 0 Å². The van der Waals surface area contributed by atoms with E-state index in [1.165, 1.54) is 12.8 Å². The molecule has 0 unspecified atom stereocenters. The zero-order valence-corrected chi connectivity index (χ0v) is 9.09. The van der Waals surface area contributed by atoms with E-state index in [9.17, 15) is 5.11 Å². The van der Waals surface area contributed by atoms with Crippen LogP contribution in [-0.4, -0.2) is 41.0 Å². The Kier molecular flexibility index (Phi) is 2.53. The first-order valence-electron chi connectivity index (χ1n) is 5.83. The average molecular weight is 224 g/mol. The van der Waals surface area contributed by atoms with Crippen molar-refractivity contribution in [1.82, 2.24) is 15.5 Å². The topological polar surface area (TPSA) is 74.4 Å². The smallest absolute Gasteiger partial charge is 0.266 e. The van der Waals surface area contributed by atoms with Gasteiger partial charge in [-0.3, -0.25) is 0 Å². The van der Waals surface area contributed by atoms with Crippen LogP contribution in [0.2, 0.25) is 0 Å². The van der Waals surface area contributed by atoms with Crippen LogP contribution in [0.25, 0.3) is 0 Å². The number of nitrogens with zero attached hydrogens (tertiary/aromatic N) is 3. The Balaban J connectivity index is 1.72. The second-order valence-electron chi connectivity index (χ2n) is 4.48.